The fourth-order valence-corrected chi connectivity index (χ4v) is 1.12. The molecule has 0 atom stereocenters. The molecular weight excluding hydrogens is 219 g/mol. The van der Waals surface area contributed by atoms with Gasteiger partial charge in [-0.25, -0.2) is 0 Å². The van der Waals surface area contributed by atoms with Crippen LogP contribution in [0.3, 0.4) is 0 Å². The Labute approximate surface area is 84.1 Å². The molecule has 1 amide bonds. The predicted octanol–water partition coefficient (Wildman–Crippen LogP) is 1.13. The van der Waals surface area contributed by atoms with Crippen LogP contribution in [-0.4, -0.2) is 35.4 Å². The molecule has 0 heterocycles. The van der Waals surface area contributed by atoms with Crippen molar-refractivity contribution < 1.29 is 23.1 Å². The fraction of sp³-hybridized carbons (Fsp3) is 0.857. The van der Waals surface area contributed by atoms with Gasteiger partial charge in [-0.15, -0.1) is 0 Å². The second-order valence-electron chi connectivity index (χ2n) is 2.47. The fourth-order valence-electron chi connectivity index (χ4n) is 0.685. The smallest absolute Gasteiger partial charge is 0.396 e. The van der Waals surface area contributed by atoms with E-state index in [9.17, 15) is 18.0 Å². The average molecular weight is 231 g/mol. The first-order valence-electron chi connectivity index (χ1n) is 4.04. The lowest BCUT2D eigenvalue weighted by molar-refractivity contribution is -0.121. The lowest BCUT2D eigenvalue weighted by atomic mass is 10.3. The van der Waals surface area contributed by atoms with E-state index in [1.807, 2.05) is 0 Å². The molecule has 0 aliphatic carbocycles. The Morgan fingerprint density at radius 1 is 1.43 bits per heavy atom. The van der Waals surface area contributed by atoms with Crippen LogP contribution in [0.2, 0.25) is 0 Å². The van der Waals surface area contributed by atoms with Gasteiger partial charge >= 0.3 is 5.51 Å². The predicted molar refractivity (Wildman–Crippen MR) is 47.8 cm³/mol. The molecule has 0 fully saturated rings. The Kier molecular flexibility index (Phi) is 6.73. The number of alkyl halides is 3. The number of aliphatic hydroxyl groups excluding tert-OH is 1. The molecule has 84 valence electrons. The maximum absolute atomic E-state index is 11.6. The van der Waals surface area contributed by atoms with Crippen molar-refractivity contribution >= 4 is 17.7 Å². The Bertz CT molecular complexity index is 175. The summed E-state index contributed by atoms with van der Waals surface area (Å²) in [7, 11) is 0. The van der Waals surface area contributed by atoms with Gasteiger partial charge in [0.2, 0.25) is 5.91 Å². The third-order valence-electron chi connectivity index (χ3n) is 1.25. The molecule has 0 aromatic heterocycles. The summed E-state index contributed by atoms with van der Waals surface area (Å²) in [5, 5.41) is 10.7. The summed E-state index contributed by atoms with van der Waals surface area (Å²) in [6.07, 6.45) is 0.478. The van der Waals surface area contributed by atoms with Crippen molar-refractivity contribution in [2.75, 3.05) is 18.9 Å². The van der Waals surface area contributed by atoms with Crippen molar-refractivity contribution in [2.24, 2.45) is 0 Å². The van der Waals surface area contributed by atoms with Crippen LogP contribution in [0.4, 0.5) is 13.2 Å². The van der Waals surface area contributed by atoms with Crippen LogP contribution >= 0.6 is 11.8 Å². The van der Waals surface area contributed by atoms with Gasteiger partial charge in [-0.05, 0) is 18.2 Å². The van der Waals surface area contributed by atoms with Crippen molar-refractivity contribution in [2.45, 2.75) is 18.3 Å². The highest BCUT2D eigenvalue weighted by Crippen LogP contribution is 2.29. The summed E-state index contributed by atoms with van der Waals surface area (Å²) in [6.45, 7) is -0.0981. The van der Waals surface area contributed by atoms with Gasteiger partial charge in [0.1, 0.15) is 0 Å². The number of carbonyl (C=O) groups excluding carboxylic acids is 1. The second-order valence-corrected chi connectivity index (χ2v) is 3.63. The monoisotopic (exact) mass is 231 g/mol. The third kappa shape index (κ3) is 9.66. The van der Waals surface area contributed by atoms with Gasteiger partial charge in [-0.1, -0.05) is 0 Å². The molecule has 0 radical (unpaired) electrons. The van der Waals surface area contributed by atoms with Gasteiger partial charge < -0.3 is 10.4 Å². The molecule has 0 aliphatic heterocycles. The zero-order chi connectivity index (χ0) is 11.0. The highest BCUT2D eigenvalue weighted by Gasteiger charge is 2.27. The van der Waals surface area contributed by atoms with Crippen LogP contribution in [0.25, 0.3) is 0 Å². The van der Waals surface area contributed by atoms with E-state index in [2.05, 4.69) is 5.32 Å². The number of carbonyl (C=O) groups is 1. The molecule has 0 spiro atoms. The lowest BCUT2D eigenvalue weighted by Gasteiger charge is -2.06. The van der Waals surface area contributed by atoms with Gasteiger partial charge in [0, 0.05) is 25.3 Å². The number of nitrogens with one attached hydrogen (secondary N) is 1. The van der Waals surface area contributed by atoms with Crippen molar-refractivity contribution in [1.82, 2.24) is 5.32 Å². The summed E-state index contributed by atoms with van der Waals surface area (Å²) in [5.74, 6) is -0.518. The van der Waals surface area contributed by atoms with E-state index in [4.69, 9.17) is 5.11 Å². The van der Waals surface area contributed by atoms with E-state index in [1.165, 1.54) is 0 Å². The van der Waals surface area contributed by atoms with Crippen LogP contribution in [-0.2, 0) is 4.79 Å². The second kappa shape index (κ2) is 6.94. The molecule has 2 N–H and O–H groups in total. The molecule has 0 saturated carbocycles. The molecule has 0 unspecified atom stereocenters. The number of aliphatic hydroxyl groups is 1. The first-order chi connectivity index (χ1) is 6.45. The normalized spacial score (nSPS) is 11.4. The van der Waals surface area contributed by atoms with E-state index in [0.29, 0.717) is 6.42 Å². The average Bonchev–Trinajstić information content (AvgIpc) is 2.07. The van der Waals surface area contributed by atoms with Crippen LogP contribution < -0.4 is 5.32 Å². The molecule has 0 aromatic carbocycles. The van der Waals surface area contributed by atoms with Gasteiger partial charge in [-0.3, -0.25) is 4.79 Å². The minimum absolute atomic E-state index is 0.00552. The summed E-state index contributed by atoms with van der Waals surface area (Å²) >= 11 is -0.165. The number of thioether (sulfide) groups is 1. The maximum atomic E-state index is 11.6. The van der Waals surface area contributed by atoms with E-state index in [-0.39, 0.29) is 43.0 Å². The zero-order valence-corrected chi connectivity index (χ0v) is 8.25. The van der Waals surface area contributed by atoms with Crippen molar-refractivity contribution in [3.8, 4) is 0 Å². The first kappa shape index (κ1) is 13.6. The van der Waals surface area contributed by atoms with Crippen molar-refractivity contribution in [3.63, 3.8) is 0 Å². The van der Waals surface area contributed by atoms with Gasteiger partial charge in [0.05, 0.1) is 0 Å². The number of rotatable bonds is 6. The van der Waals surface area contributed by atoms with Crippen molar-refractivity contribution in [1.29, 1.82) is 0 Å². The summed E-state index contributed by atoms with van der Waals surface area (Å²) < 4.78 is 34.8. The van der Waals surface area contributed by atoms with Gasteiger partial charge in [0.25, 0.3) is 0 Å². The lowest BCUT2D eigenvalue weighted by Crippen LogP contribution is -2.26. The Morgan fingerprint density at radius 2 is 2.07 bits per heavy atom. The number of amides is 1. The quantitative estimate of drug-likeness (QED) is 0.674. The Morgan fingerprint density at radius 3 is 2.57 bits per heavy atom. The topological polar surface area (TPSA) is 49.3 Å². The van der Waals surface area contributed by atoms with E-state index < -0.39 is 5.51 Å². The Hall–Kier alpha value is -0.430. The SMILES string of the molecule is O=C(CCCO)NCCSC(F)(F)F. The standard InChI is InChI=1S/C7H12F3NO2S/c8-7(9,10)14-5-3-11-6(13)2-1-4-12/h12H,1-5H2,(H,11,13). The van der Waals surface area contributed by atoms with Gasteiger partial charge in [-0.2, -0.15) is 13.2 Å². The molecule has 3 nitrogen and oxygen atoms in total. The maximum Gasteiger partial charge on any atom is 0.441 e. The largest absolute Gasteiger partial charge is 0.441 e. The molecule has 0 aliphatic rings. The number of hydrogen-bond acceptors (Lipinski definition) is 3. The first-order valence-corrected chi connectivity index (χ1v) is 5.02. The van der Waals surface area contributed by atoms with E-state index >= 15 is 0 Å². The van der Waals surface area contributed by atoms with E-state index in [1.54, 1.807) is 0 Å². The molecule has 0 aromatic rings. The number of halogens is 3. The molecular formula is C7H12F3NO2S. The third-order valence-corrected chi connectivity index (χ3v) is 1.99. The summed E-state index contributed by atoms with van der Waals surface area (Å²) in [4.78, 5) is 10.8. The summed E-state index contributed by atoms with van der Waals surface area (Å²) in [6, 6.07) is 0. The van der Waals surface area contributed by atoms with E-state index in [0.717, 1.165) is 0 Å². The van der Waals surface area contributed by atoms with Crippen LogP contribution in [0.15, 0.2) is 0 Å². The molecule has 14 heavy (non-hydrogen) atoms. The van der Waals surface area contributed by atoms with Crippen LogP contribution in [0, 0.1) is 0 Å². The Balaban J connectivity index is 3.32. The molecule has 0 bridgehead atoms. The van der Waals surface area contributed by atoms with Gasteiger partial charge in [0.15, 0.2) is 0 Å². The van der Waals surface area contributed by atoms with Crippen LogP contribution in [0.5, 0.6) is 0 Å². The highest BCUT2D eigenvalue weighted by atomic mass is 32.2. The zero-order valence-electron chi connectivity index (χ0n) is 7.43. The minimum atomic E-state index is -4.24. The van der Waals surface area contributed by atoms with Crippen LogP contribution in [0.1, 0.15) is 12.8 Å². The molecule has 0 saturated heterocycles. The minimum Gasteiger partial charge on any atom is -0.396 e. The molecule has 0 rings (SSSR count). The number of hydrogen-bond donors (Lipinski definition) is 2. The molecule has 7 heteroatoms. The summed E-state index contributed by atoms with van der Waals surface area (Å²) in [5.41, 5.74) is -4.24. The highest BCUT2D eigenvalue weighted by molar-refractivity contribution is 8.00. The van der Waals surface area contributed by atoms with Crippen molar-refractivity contribution in [3.05, 3.63) is 0 Å².